The zero-order valence-electron chi connectivity index (χ0n) is 10.7. The van der Waals surface area contributed by atoms with Gasteiger partial charge in [-0.3, -0.25) is 9.59 Å². The fraction of sp³-hybridized carbons (Fsp3) is 0.467. The Labute approximate surface area is 108 Å². The minimum Gasteiger partial charge on any atom is -0.349 e. The van der Waals surface area contributed by atoms with Gasteiger partial charge in [-0.15, -0.1) is 0 Å². The smallest absolute Gasteiger partial charge is 0.251 e. The lowest BCUT2D eigenvalue weighted by molar-refractivity contribution is -0.118. The maximum atomic E-state index is 12.1. The van der Waals surface area contributed by atoms with Gasteiger partial charge in [0.25, 0.3) is 5.91 Å². The standard InChI is InChI=1S/C15H19NO2/c1-11-5-2-3-8-14(11)15(18)16-12-6-4-7-13(17)10-9-12/h2-3,5,8,12H,4,6-7,9-10H2,1H3,(H,16,18)/t12-/m0/s1. The number of carbonyl (C=O) groups is 2. The maximum absolute atomic E-state index is 12.1. The highest BCUT2D eigenvalue weighted by Crippen LogP contribution is 2.16. The second-order valence-electron chi connectivity index (χ2n) is 4.95. The third-order valence-electron chi connectivity index (χ3n) is 3.50. The Kier molecular flexibility index (Phi) is 4.13. The molecule has 1 N–H and O–H groups in total. The van der Waals surface area contributed by atoms with Crippen molar-refractivity contribution in [3.8, 4) is 0 Å². The Morgan fingerprint density at radius 2 is 2.00 bits per heavy atom. The molecule has 2 rings (SSSR count). The number of Topliss-reactive ketones (excluding diaryl/α,β-unsaturated/α-hetero) is 1. The molecule has 18 heavy (non-hydrogen) atoms. The molecule has 1 saturated carbocycles. The minimum atomic E-state index is -0.0209. The van der Waals surface area contributed by atoms with Gasteiger partial charge in [0.15, 0.2) is 0 Å². The van der Waals surface area contributed by atoms with Crippen molar-refractivity contribution in [2.45, 2.75) is 45.1 Å². The second-order valence-corrected chi connectivity index (χ2v) is 4.95. The van der Waals surface area contributed by atoms with Crippen LogP contribution in [0.15, 0.2) is 24.3 Å². The van der Waals surface area contributed by atoms with E-state index < -0.39 is 0 Å². The van der Waals surface area contributed by atoms with Crippen molar-refractivity contribution >= 4 is 11.7 Å². The summed E-state index contributed by atoms with van der Waals surface area (Å²) in [5.74, 6) is 0.301. The van der Waals surface area contributed by atoms with Crippen LogP contribution in [0.5, 0.6) is 0 Å². The number of amides is 1. The van der Waals surface area contributed by atoms with E-state index >= 15 is 0 Å². The summed E-state index contributed by atoms with van der Waals surface area (Å²) in [6, 6.07) is 7.72. The van der Waals surface area contributed by atoms with Crippen LogP contribution in [0, 0.1) is 6.92 Å². The van der Waals surface area contributed by atoms with Crippen molar-refractivity contribution < 1.29 is 9.59 Å². The Hall–Kier alpha value is -1.64. The largest absolute Gasteiger partial charge is 0.349 e. The first-order chi connectivity index (χ1) is 8.66. The van der Waals surface area contributed by atoms with Crippen molar-refractivity contribution in [1.82, 2.24) is 5.32 Å². The van der Waals surface area contributed by atoms with Gasteiger partial charge in [-0.1, -0.05) is 18.2 Å². The zero-order chi connectivity index (χ0) is 13.0. The van der Waals surface area contributed by atoms with Crippen LogP contribution in [0.4, 0.5) is 0 Å². The lowest BCUT2D eigenvalue weighted by atomic mass is 10.1. The summed E-state index contributed by atoms with van der Waals surface area (Å²) in [7, 11) is 0. The van der Waals surface area contributed by atoms with Crippen molar-refractivity contribution in [2.24, 2.45) is 0 Å². The van der Waals surface area contributed by atoms with Gasteiger partial charge in [-0.2, -0.15) is 0 Å². The molecule has 0 aromatic heterocycles. The summed E-state index contributed by atoms with van der Waals surface area (Å²) in [6.07, 6.45) is 3.83. The number of carbonyl (C=O) groups excluding carboxylic acids is 2. The van der Waals surface area contributed by atoms with E-state index in [4.69, 9.17) is 0 Å². The molecule has 0 bridgehead atoms. The van der Waals surface area contributed by atoms with Crippen LogP contribution in [0.25, 0.3) is 0 Å². The topological polar surface area (TPSA) is 46.2 Å². The summed E-state index contributed by atoms with van der Waals surface area (Å²) in [6.45, 7) is 1.94. The molecule has 1 aromatic rings. The molecule has 0 heterocycles. The molecule has 1 amide bonds. The van der Waals surface area contributed by atoms with Crippen molar-refractivity contribution in [3.63, 3.8) is 0 Å². The van der Waals surface area contributed by atoms with E-state index in [1.165, 1.54) is 0 Å². The number of nitrogens with one attached hydrogen (secondary N) is 1. The minimum absolute atomic E-state index is 0.0209. The average molecular weight is 245 g/mol. The van der Waals surface area contributed by atoms with Gasteiger partial charge in [0.2, 0.25) is 0 Å². The van der Waals surface area contributed by atoms with Gasteiger partial charge in [-0.25, -0.2) is 0 Å². The molecule has 0 saturated heterocycles. The first kappa shape index (κ1) is 12.8. The first-order valence-corrected chi connectivity index (χ1v) is 6.55. The van der Waals surface area contributed by atoms with E-state index in [2.05, 4.69) is 5.32 Å². The van der Waals surface area contributed by atoms with E-state index in [1.807, 2.05) is 31.2 Å². The molecule has 1 aromatic carbocycles. The Morgan fingerprint density at radius 1 is 1.22 bits per heavy atom. The van der Waals surface area contributed by atoms with E-state index in [0.29, 0.717) is 18.6 Å². The van der Waals surface area contributed by atoms with Gasteiger partial charge < -0.3 is 5.32 Å². The van der Waals surface area contributed by atoms with E-state index in [1.54, 1.807) is 0 Å². The number of aryl methyl sites for hydroxylation is 1. The Morgan fingerprint density at radius 3 is 2.78 bits per heavy atom. The molecule has 0 aliphatic heterocycles. The molecule has 1 aliphatic rings. The summed E-state index contributed by atoms with van der Waals surface area (Å²) in [5, 5.41) is 3.05. The van der Waals surface area contributed by atoms with E-state index in [0.717, 1.165) is 30.4 Å². The number of hydrogen-bond acceptors (Lipinski definition) is 2. The van der Waals surface area contributed by atoms with Crippen LogP contribution in [0.2, 0.25) is 0 Å². The highest BCUT2D eigenvalue weighted by molar-refractivity contribution is 5.95. The summed E-state index contributed by atoms with van der Waals surface area (Å²) >= 11 is 0. The number of benzene rings is 1. The maximum Gasteiger partial charge on any atom is 0.251 e. The Bertz CT molecular complexity index is 454. The van der Waals surface area contributed by atoms with Crippen LogP contribution < -0.4 is 5.32 Å². The van der Waals surface area contributed by atoms with Crippen LogP contribution >= 0.6 is 0 Å². The molecule has 96 valence electrons. The molecular weight excluding hydrogens is 226 g/mol. The third kappa shape index (κ3) is 3.19. The highest BCUT2D eigenvalue weighted by Gasteiger charge is 2.19. The zero-order valence-corrected chi connectivity index (χ0v) is 10.7. The van der Waals surface area contributed by atoms with E-state index in [-0.39, 0.29) is 11.9 Å². The quantitative estimate of drug-likeness (QED) is 0.814. The summed E-state index contributed by atoms with van der Waals surface area (Å²) in [4.78, 5) is 23.5. The van der Waals surface area contributed by atoms with E-state index in [9.17, 15) is 9.59 Å². The SMILES string of the molecule is Cc1ccccc1C(=O)N[C@H]1CCCC(=O)CC1. The van der Waals surface area contributed by atoms with Crippen molar-refractivity contribution in [1.29, 1.82) is 0 Å². The van der Waals surface area contributed by atoms with Crippen molar-refractivity contribution in [3.05, 3.63) is 35.4 Å². The van der Waals surface area contributed by atoms with Gasteiger partial charge in [-0.05, 0) is 37.8 Å². The number of hydrogen-bond donors (Lipinski definition) is 1. The van der Waals surface area contributed by atoms with Crippen LogP contribution in [0.1, 0.15) is 48.0 Å². The molecule has 0 spiro atoms. The predicted molar refractivity (Wildman–Crippen MR) is 70.5 cm³/mol. The van der Waals surface area contributed by atoms with Crippen LogP contribution in [0.3, 0.4) is 0 Å². The van der Waals surface area contributed by atoms with Gasteiger partial charge in [0.1, 0.15) is 5.78 Å². The first-order valence-electron chi connectivity index (χ1n) is 6.55. The molecule has 1 atom stereocenters. The second kappa shape index (κ2) is 5.80. The fourth-order valence-electron chi connectivity index (χ4n) is 2.39. The monoisotopic (exact) mass is 245 g/mol. The molecule has 1 aliphatic carbocycles. The molecule has 3 heteroatoms. The molecule has 0 radical (unpaired) electrons. The van der Waals surface area contributed by atoms with Gasteiger partial charge in [0, 0.05) is 24.4 Å². The molecular formula is C15H19NO2. The molecule has 1 fully saturated rings. The third-order valence-corrected chi connectivity index (χ3v) is 3.50. The fourth-order valence-corrected chi connectivity index (χ4v) is 2.39. The molecule has 3 nitrogen and oxygen atoms in total. The van der Waals surface area contributed by atoms with Gasteiger partial charge >= 0.3 is 0 Å². The summed E-state index contributed by atoms with van der Waals surface area (Å²) in [5.41, 5.74) is 1.72. The lowest BCUT2D eigenvalue weighted by Gasteiger charge is -2.16. The predicted octanol–water partition coefficient (Wildman–Crippen LogP) is 2.63. The number of rotatable bonds is 2. The number of ketones is 1. The van der Waals surface area contributed by atoms with Crippen LogP contribution in [-0.4, -0.2) is 17.7 Å². The Balaban J connectivity index is 1.99. The van der Waals surface area contributed by atoms with Gasteiger partial charge in [0.05, 0.1) is 0 Å². The van der Waals surface area contributed by atoms with Crippen LogP contribution in [-0.2, 0) is 4.79 Å². The van der Waals surface area contributed by atoms with Crippen molar-refractivity contribution in [2.75, 3.05) is 0 Å². The lowest BCUT2D eigenvalue weighted by Crippen LogP contribution is -2.34. The molecule has 0 unspecified atom stereocenters. The normalized spacial score (nSPS) is 20.3. The highest BCUT2D eigenvalue weighted by atomic mass is 16.1. The average Bonchev–Trinajstić information content (AvgIpc) is 2.55. The summed E-state index contributed by atoms with van der Waals surface area (Å²) < 4.78 is 0.